The maximum absolute atomic E-state index is 4.11. The van der Waals surface area contributed by atoms with Gasteiger partial charge in [0.15, 0.2) is 0 Å². The van der Waals surface area contributed by atoms with Crippen LogP contribution in [0.2, 0.25) is 0 Å². The van der Waals surface area contributed by atoms with Crippen molar-refractivity contribution in [2.24, 2.45) is 0 Å². The molecular weight excluding hydrogens is 298 g/mol. The van der Waals surface area contributed by atoms with Gasteiger partial charge in [-0.25, -0.2) is 0 Å². The standard InChI is InChI=1S/C17H22BrN/c1-13(2)11-17(10-4-5-14(3)12-17)19-16-8-6-15(18)7-9-16/h5-9,19H,1,4,10-12H2,2-3H3. The van der Waals surface area contributed by atoms with Gasteiger partial charge in [-0.1, -0.05) is 33.2 Å². The average molecular weight is 320 g/mol. The molecule has 1 aromatic rings. The highest BCUT2D eigenvalue weighted by Crippen LogP contribution is 2.36. The lowest BCUT2D eigenvalue weighted by Gasteiger charge is -2.39. The first-order valence-electron chi connectivity index (χ1n) is 6.83. The Morgan fingerprint density at radius 3 is 2.63 bits per heavy atom. The Morgan fingerprint density at radius 1 is 1.37 bits per heavy atom. The summed E-state index contributed by atoms with van der Waals surface area (Å²) in [6.45, 7) is 8.46. The molecule has 1 unspecified atom stereocenters. The van der Waals surface area contributed by atoms with Gasteiger partial charge < -0.3 is 5.32 Å². The fourth-order valence-corrected chi connectivity index (χ4v) is 3.27. The monoisotopic (exact) mass is 319 g/mol. The third-order valence-corrected chi connectivity index (χ3v) is 4.16. The van der Waals surface area contributed by atoms with Crippen LogP contribution in [0.1, 0.15) is 39.5 Å². The van der Waals surface area contributed by atoms with Crippen molar-refractivity contribution in [1.82, 2.24) is 0 Å². The van der Waals surface area contributed by atoms with Crippen molar-refractivity contribution in [3.05, 3.63) is 52.5 Å². The van der Waals surface area contributed by atoms with Crippen molar-refractivity contribution in [3.8, 4) is 0 Å². The summed E-state index contributed by atoms with van der Waals surface area (Å²) in [5, 5.41) is 3.76. The highest BCUT2D eigenvalue weighted by atomic mass is 79.9. The molecule has 0 fully saturated rings. The van der Waals surface area contributed by atoms with Crippen molar-refractivity contribution in [1.29, 1.82) is 0 Å². The van der Waals surface area contributed by atoms with Crippen molar-refractivity contribution < 1.29 is 0 Å². The van der Waals surface area contributed by atoms with Crippen molar-refractivity contribution in [3.63, 3.8) is 0 Å². The van der Waals surface area contributed by atoms with Crippen molar-refractivity contribution >= 4 is 21.6 Å². The molecule has 1 nitrogen and oxygen atoms in total. The fourth-order valence-electron chi connectivity index (χ4n) is 3.01. The Hall–Kier alpha value is -1.02. The van der Waals surface area contributed by atoms with Crippen LogP contribution < -0.4 is 5.32 Å². The SMILES string of the molecule is C=C(C)CC1(Nc2ccc(Br)cc2)CCC=C(C)C1. The second kappa shape index (κ2) is 5.96. The molecular formula is C17H22BrN. The Morgan fingerprint density at radius 2 is 2.05 bits per heavy atom. The summed E-state index contributed by atoms with van der Waals surface area (Å²) in [7, 11) is 0. The fraction of sp³-hybridized carbons (Fsp3) is 0.412. The zero-order valence-electron chi connectivity index (χ0n) is 11.8. The highest BCUT2D eigenvalue weighted by Gasteiger charge is 2.31. The van der Waals surface area contributed by atoms with Gasteiger partial charge in [0, 0.05) is 15.7 Å². The molecule has 0 radical (unpaired) electrons. The highest BCUT2D eigenvalue weighted by molar-refractivity contribution is 9.10. The molecule has 0 aromatic heterocycles. The van der Waals surface area contributed by atoms with Gasteiger partial charge >= 0.3 is 0 Å². The lowest BCUT2D eigenvalue weighted by molar-refractivity contribution is 0.409. The molecule has 2 heteroatoms. The van der Waals surface area contributed by atoms with E-state index in [0.29, 0.717) is 0 Å². The molecule has 2 rings (SSSR count). The van der Waals surface area contributed by atoms with E-state index in [1.165, 1.54) is 23.3 Å². The van der Waals surface area contributed by atoms with E-state index in [9.17, 15) is 0 Å². The number of anilines is 1. The maximum atomic E-state index is 4.11. The van der Waals surface area contributed by atoms with E-state index in [1.54, 1.807) is 0 Å². The third kappa shape index (κ3) is 3.97. The van der Waals surface area contributed by atoms with E-state index in [2.05, 4.69) is 72.0 Å². The molecule has 0 spiro atoms. The number of allylic oxidation sites excluding steroid dienone is 1. The van der Waals surface area contributed by atoms with Crippen molar-refractivity contribution in [2.45, 2.75) is 45.1 Å². The van der Waals surface area contributed by atoms with Crippen LogP contribution in [0, 0.1) is 0 Å². The topological polar surface area (TPSA) is 12.0 Å². The van der Waals surface area contributed by atoms with Gasteiger partial charge in [-0.3, -0.25) is 0 Å². The van der Waals surface area contributed by atoms with E-state index < -0.39 is 0 Å². The summed E-state index contributed by atoms with van der Waals surface area (Å²) in [5.74, 6) is 0. The minimum absolute atomic E-state index is 0.137. The first kappa shape index (κ1) is 14.4. The second-order valence-electron chi connectivity index (χ2n) is 5.81. The number of hydrogen-bond donors (Lipinski definition) is 1. The third-order valence-electron chi connectivity index (χ3n) is 3.63. The first-order chi connectivity index (χ1) is 8.99. The summed E-state index contributed by atoms with van der Waals surface area (Å²) in [6, 6.07) is 8.44. The summed E-state index contributed by atoms with van der Waals surface area (Å²) >= 11 is 3.48. The van der Waals surface area contributed by atoms with E-state index >= 15 is 0 Å². The average Bonchev–Trinajstić information content (AvgIpc) is 2.31. The van der Waals surface area contributed by atoms with E-state index in [1.807, 2.05) is 0 Å². The van der Waals surface area contributed by atoms with Crippen molar-refractivity contribution in [2.75, 3.05) is 5.32 Å². The largest absolute Gasteiger partial charge is 0.379 e. The molecule has 0 saturated heterocycles. The normalized spacial score (nSPS) is 22.8. The van der Waals surface area contributed by atoms with Crippen LogP contribution in [0.15, 0.2) is 52.5 Å². The number of rotatable bonds is 4. The molecule has 0 amide bonds. The number of benzene rings is 1. The lowest BCUT2D eigenvalue weighted by Crippen LogP contribution is -2.40. The van der Waals surface area contributed by atoms with Crippen LogP contribution in [0.3, 0.4) is 0 Å². The van der Waals surface area contributed by atoms with Gasteiger partial charge in [0.05, 0.1) is 0 Å². The quantitative estimate of drug-likeness (QED) is 0.702. The first-order valence-corrected chi connectivity index (χ1v) is 7.62. The summed E-state index contributed by atoms with van der Waals surface area (Å²) in [6.07, 6.45) is 6.83. The van der Waals surface area contributed by atoms with Gasteiger partial charge in [0.1, 0.15) is 0 Å². The van der Waals surface area contributed by atoms with Gasteiger partial charge in [-0.05, 0) is 63.8 Å². The summed E-state index contributed by atoms with van der Waals surface area (Å²) < 4.78 is 1.12. The number of nitrogens with one attached hydrogen (secondary N) is 1. The number of hydrogen-bond acceptors (Lipinski definition) is 1. The van der Waals surface area contributed by atoms with E-state index in [-0.39, 0.29) is 5.54 Å². The molecule has 19 heavy (non-hydrogen) atoms. The molecule has 0 heterocycles. The Bertz CT molecular complexity index is 486. The second-order valence-corrected chi connectivity index (χ2v) is 6.73. The zero-order chi connectivity index (χ0) is 13.9. The van der Waals surface area contributed by atoms with E-state index in [0.717, 1.165) is 23.7 Å². The summed E-state index contributed by atoms with van der Waals surface area (Å²) in [4.78, 5) is 0. The molecule has 1 aliphatic rings. The molecule has 0 aliphatic heterocycles. The minimum Gasteiger partial charge on any atom is -0.379 e. The van der Waals surface area contributed by atoms with Gasteiger partial charge in [-0.2, -0.15) is 0 Å². The summed E-state index contributed by atoms with van der Waals surface area (Å²) in [5.41, 5.74) is 4.06. The molecule has 1 aromatic carbocycles. The van der Waals surface area contributed by atoms with Gasteiger partial charge in [0.25, 0.3) is 0 Å². The Balaban J connectivity index is 2.20. The van der Waals surface area contributed by atoms with Crippen LogP contribution >= 0.6 is 15.9 Å². The predicted molar refractivity (Wildman–Crippen MR) is 87.5 cm³/mol. The zero-order valence-corrected chi connectivity index (χ0v) is 13.4. The Labute approximate surface area is 124 Å². The molecule has 0 bridgehead atoms. The number of halogens is 1. The molecule has 1 N–H and O–H groups in total. The molecule has 1 atom stereocenters. The molecule has 0 saturated carbocycles. The lowest BCUT2D eigenvalue weighted by atomic mass is 9.77. The molecule has 1 aliphatic carbocycles. The van der Waals surface area contributed by atoms with Crippen LogP contribution in [0.25, 0.3) is 0 Å². The predicted octanol–water partition coefficient (Wildman–Crippen LogP) is 5.70. The van der Waals surface area contributed by atoms with Crippen LogP contribution in [0.4, 0.5) is 5.69 Å². The van der Waals surface area contributed by atoms with Gasteiger partial charge in [0.2, 0.25) is 0 Å². The van der Waals surface area contributed by atoms with E-state index in [4.69, 9.17) is 0 Å². The minimum atomic E-state index is 0.137. The Kier molecular flexibility index (Phi) is 4.51. The van der Waals surface area contributed by atoms with Gasteiger partial charge in [-0.15, -0.1) is 6.58 Å². The van der Waals surface area contributed by atoms with Crippen LogP contribution in [-0.4, -0.2) is 5.54 Å². The smallest absolute Gasteiger partial charge is 0.0450 e. The van der Waals surface area contributed by atoms with Crippen LogP contribution in [-0.2, 0) is 0 Å². The van der Waals surface area contributed by atoms with Crippen LogP contribution in [0.5, 0.6) is 0 Å². The molecule has 102 valence electrons. The maximum Gasteiger partial charge on any atom is 0.0450 e.